The van der Waals surface area contributed by atoms with Crippen molar-refractivity contribution in [1.82, 2.24) is 5.32 Å². The zero-order valence-electron chi connectivity index (χ0n) is 22.6. The number of Topliss-reactive ketones (excluding diaryl/α,β-unsaturated/α-hetero) is 1. The molecule has 6 fully saturated rings. The number of carbonyl (C=O) groups excluding carboxylic acids is 3. The van der Waals surface area contributed by atoms with Gasteiger partial charge in [0.05, 0.1) is 30.0 Å². The molecule has 6 aliphatic rings. The SMILES string of the molecule is CC(=O)O[C@@H]1[C@@H]2O[C@@H]2[C@H](C)C(=O)C(C)C[C@@H]2O[C@@H]2[C@H]2[C@@H]3O[C@]3(C)C(C)[C@H]3[C@H](Cc4ccccc4)NC(=O)[C@]213. The van der Waals surface area contributed by atoms with Crippen LogP contribution in [0.25, 0.3) is 0 Å². The smallest absolute Gasteiger partial charge is 0.303 e. The standard InChI is InChI=1S/C30H37NO7/c1-13-11-19-24(36-19)21-26-29(5,38-26)15(3)20-18(12-17-9-7-6-8-10-17)31-28(34)30(20,21)27(35-16(4)32)25-23(37-25)14(2)22(13)33/h6-10,13-15,18-21,23-27H,11-12H2,1-5H3,(H,31,34)/t13?,14-,15?,18+,19+,20+,21+,23-,24+,25-,26+,27-,29-,30-/m1/s1. The van der Waals surface area contributed by atoms with Gasteiger partial charge in [0, 0.05) is 36.6 Å². The second-order valence-corrected chi connectivity index (χ2v) is 12.8. The Morgan fingerprint density at radius 1 is 1.05 bits per heavy atom. The summed E-state index contributed by atoms with van der Waals surface area (Å²) >= 11 is 0. The maximum atomic E-state index is 14.5. The largest absolute Gasteiger partial charge is 0.458 e. The van der Waals surface area contributed by atoms with Crippen LogP contribution in [0.3, 0.4) is 0 Å². The van der Waals surface area contributed by atoms with Crippen LogP contribution in [0.4, 0.5) is 0 Å². The Bertz CT molecular complexity index is 1190. The molecule has 38 heavy (non-hydrogen) atoms. The molecule has 2 unspecified atom stereocenters. The second kappa shape index (κ2) is 8.12. The minimum Gasteiger partial charge on any atom is -0.458 e. The molecule has 1 aromatic rings. The van der Waals surface area contributed by atoms with Gasteiger partial charge in [-0.05, 0) is 31.2 Å². The number of epoxide rings is 3. The Balaban J connectivity index is 1.39. The van der Waals surface area contributed by atoms with Crippen LogP contribution in [0.5, 0.6) is 0 Å². The average molecular weight is 524 g/mol. The minimum absolute atomic E-state index is 0.0203. The van der Waals surface area contributed by atoms with Crippen LogP contribution in [-0.2, 0) is 39.8 Å². The Morgan fingerprint density at radius 3 is 2.50 bits per heavy atom. The fourth-order valence-corrected chi connectivity index (χ4v) is 8.78. The van der Waals surface area contributed by atoms with E-state index in [1.807, 2.05) is 32.0 Å². The van der Waals surface area contributed by atoms with Crippen molar-refractivity contribution < 1.29 is 33.3 Å². The first kappa shape index (κ1) is 24.7. The molecule has 1 aromatic carbocycles. The molecule has 1 spiro atoms. The summed E-state index contributed by atoms with van der Waals surface area (Å²) in [5, 5.41) is 3.37. The predicted octanol–water partition coefficient (Wildman–Crippen LogP) is 2.46. The number of rotatable bonds is 3. The molecular weight excluding hydrogens is 486 g/mol. The molecule has 1 amide bonds. The Labute approximate surface area is 223 Å². The van der Waals surface area contributed by atoms with E-state index in [4.69, 9.17) is 18.9 Å². The van der Waals surface area contributed by atoms with Gasteiger partial charge in [0.1, 0.15) is 23.4 Å². The van der Waals surface area contributed by atoms with E-state index >= 15 is 0 Å². The molecule has 0 aromatic heterocycles. The quantitative estimate of drug-likeness (QED) is 0.479. The summed E-state index contributed by atoms with van der Waals surface area (Å²) in [5.41, 5.74) is -0.339. The first-order valence-electron chi connectivity index (χ1n) is 14.1. The number of hydrogen-bond donors (Lipinski definition) is 1. The zero-order chi connectivity index (χ0) is 26.7. The molecule has 14 atom stereocenters. The third kappa shape index (κ3) is 3.29. The summed E-state index contributed by atoms with van der Waals surface area (Å²) in [6.07, 6.45) is -1.02. The number of nitrogens with one attached hydrogen (secondary N) is 1. The van der Waals surface area contributed by atoms with E-state index in [9.17, 15) is 14.4 Å². The summed E-state index contributed by atoms with van der Waals surface area (Å²) in [7, 11) is 0. The Morgan fingerprint density at radius 2 is 1.79 bits per heavy atom. The molecule has 204 valence electrons. The molecule has 1 N–H and O–H groups in total. The van der Waals surface area contributed by atoms with Crippen molar-refractivity contribution in [2.24, 2.45) is 35.0 Å². The van der Waals surface area contributed by atoms with Crippen LogP contribution in [0.15, 0.2) is 30.3 Å². The van der Waals surface area contributed by atoms with Gasteiger partial charge in [-0.25, -0.2) is 0 Å². The van der Waals surface area contributed by atoms with Crippen molar-refractivity contribution in [3.8, 4) is 0 Å². The Hall–Kier alpha value is -2.29. The van der Waals surface area contributed by atoms with E-state index in [0.717, 1.165) is 5.56 Å². The minimum atomic E-state index is -1.08. The van der Waals surface area contributed by atoms with Gasteiger partial charge >= 0.3 is 5.97 Å². The van der Waals surface area contributed by atoms with Crippen LogP contribution in [-0.4, -0.2) is 65.9 Å². The second-order valence-electron chi connectivity index (χ2n) is 12.8. The van der Waals surface area contributed by atoms with Crippen molar-refractivity contribution in [3.63, 3.8) is 0 Å². The number of ether oxygens (including phenoxy) is 4. The highest BCUT2D eigenvalue weighted by atomic mass is 16.6. The molecule has 4 saturated heterocycles. The summed E-state index contributed by atoms with van der Waals surface area (Å²) in [4.78, 5) is 40.4. The Kier molecular flexibility index (Phi) is 5.28. The first-order chi connectivity index (χ1) is 18.1. The van der Waals surface area contributed by atoms with E-state index in [1.54, 1.807) is 0 Å². The fraction of sp³-hybridized carbons (Fsp3) is 0.700. The first-order valence-corrected chi connectivity index (χ1v) is 14.1. The molecule has 8 heteroatoms. The fourth-order valence-electron chi connectivity index (χ4n) is 8.78. The van der Waals surface area contributed by atoms with Crippen LogP contribution in [0.2, 0.25) is 0 Å². The number of amides is 1. The summed E-state index contributed by atoms with van der Waals surface area (Å²) in [6, 6.07) is 10.00. The summed E-state index contributed by atoms with van der Waals surface area (Å²) in [6.45, 7) is 9.54. The number of fused-ring (bicyclic) bond motifs is 5. The van der Waals surface area contributed by atoms with Crippen molar-refractivity contribution in [2.45, 2.75) is 95.7 Å². The van der Waals surface area contributed by atoms with Crippen molar-refractivity contribution >= 4 is 17.7 Å². The molecule has 0 bridgehead atoms. The van der Waals surface area contributed by atoms with Crippen LogP contribution in [0.1, 0.15) is 46.6 Å². The van der Waals surface area contributed by atoms with Gasteiger partial charge in [0.25, 0.3) is 0 Å². The van der Waals surface area contributed by atoms with Gasteiger partial charge in [-0.15, -0.1) is 0 Å². The van der Waals surface area contributed by atoms with Gasteiger partial charge in [0.2, 0.25) is 5.91 Å². The molecule has 0 radical (unpaired) electrons. The topological polar surface area (TPSA) is 110 Å². The highest BCUT2D eigenvalue weighted by Crippen LogP contribution is 2.70. The third-order valence-electron chi connectivity index (χ3n) is 10.8. The predicted molar refractivity (Wildman–Crippen MR) is 135 cm³/mol. The molecule has 2 saturated carbocycles. The zero-order valence-corrected chi connectivity index (χ0v) is 22.6. The molecule has 4 aliphatic heterocycles. The molecule has 7 rings (SSSR count). The van der Waals surface area contributed by atoms with E-state index in [1.165, 1.54) is 6.92 Å². The third-order valence-corrected chi connectivity index (χ3v) is 10.8. The lowest BCUT2D eigenvalue weighted by atomic mass is 9.50. The lowest BCUT2D eigenvalue weighted by molar-refractivity contribution is -0.175. The molecular formula is C30H37NO7. The van der Waals surface area contributed by atoms with Gasteiger partial charge in [-0.3, -0.25) is 14.4 Å². The highest BCUT2D eigenvalue weighted by molar-refractivity contribution is 5.89. The highest BCUT2D eigenvalue weighted by Gasteiger charge is 2.84. The van der Waals surface area contributed by atoms with E-state index in [0.29, 0.717) is 12.8 Å². The molecule has 8 nitrogen and oxygen atoms in total. The van der Waals surface area contributed by atoms with Crippen molar-refractivity contribution in [1.29, 1.82) is 0 Å². The number of carbonyl (C=O) groups is 3. The maximum Gasteiger partial charge on any atom is 0.303 e. The van der Waals surface area contributed by atoms with Gasteiger partial charge in [0.15, 0.2) is 0 Å². The van der Waals surface area contributed by atoms with Gasteiger partial charge < -0.3 is 24.3 Å². The van der Waals surface area contributed by atoms with Gasteiger partial charge in [-0.1, -0.05) is 51.1 Å². The number of hydrogen-bond acceptors (Lipinski definition) is 7. The van der Waals surface area contributed by atoms with Crippen molar-refractivity contribution in [2.75, 3.05) is 0 Å². The van der Waals surface area contributed by atoms with Crippen molar-refractivity contribution in [3.05, 3.63) is 35.9 Å². The molecule has 4 heterocycles. The van der Waals surface area contributed by atoms with E-state index in [2.05, 4.69) is 31.3 Å². The van der Waals surface area contributed by atoms with Crippen LogP contribution < -0.4 is 5.32 Å². The summed E-state index contributed by atoms with van der Waals surface area (Å²) in [5.74, 6) is -1.43. The van der Waals surface area contributed by atoms with E-state index < -0.39 is 29.2 Å². The average Bonchev–Trinajstić information content (AvgIpc) is 3.79. The van der Waals surface area contributed by atoms with E-state index in [-0.39, 0.29) is 71.7 Å². The normalized spacial score (nSPS) is 52.1. The van der Waals surface area contributed by atoms with Crippen LogP contribution >= 0.6 is 0 Å². The lowest BCUT2D eigenvalue weighted by Crippen LogP contribution is -2.64. The summed E-state index contributed by atoms with van der Waals surface area (Å²) < 4.78 is 25.1. The number of ketones is 1. The lowest BCUT2D eigenvalue weighted by Gasteiger charge is -2.50. The number of esters is 1. The molecule has 2 aliphatic carbocycles. The number of benzene rings is 1. The van der Waals surface area contributed by atoms with Gasteiger partial charge in [-0.2, -0.15) is 0 Å². The monoisotopic (exact) mass is 523 g/mol. The maximum absolute atomic E-state index is 14.5. The van der Waals surface area contributed by atoms with Crippen LogP contribution in [0, 0.1) is 35.0 Å².